The van der Waals surface area contributed by atoms with Crippen molar-refractivity contribution in [2.45, 2.75) is 20.4 Å². The number of anilines is 1. The molecule has 17 heavy (non-hydrogen) atoms. The fourth-order valence-electron chi connectivity index (χ4n) is 1.74. The first-order valence-electron chi connectivity index (χ1n) is 5.64. The number of nitrogens with zero attached hydrogens (tertiary/aromatic N) is 2. The molecule has 0 radical (unpaired) electrons. The van der Waals surface area contributed by atoms with Crippen molar-refractivity contribution in [1.82, 2.24) is 9.55 Å². The number of rotatable bonds is 4. The number of hydrogen-bond acceptors (Lipinski definition) is 2. The Morgan fingerprint density at radius 2 is 2.18 bits per heavy atom. The van der Waals surface area contributed by atoms with Crippen molar-refractivity contribution in [2.75, 3.05) is 11.9 Å². The van der Waals surface area contributed by atoms with Crippen LogP contribution in [0.2, 0.25) is 0 Å². The molecule has 1 aromatic heterocycles. The lowest BCUT2D eigenvalue weighted by Crippen LogP contribution is -2.11. The molecular weight excluding hydrogens is 217 g/mol. The van der Waals surface area contributed by atoms with Crippen molar-refractivity contribution < 1.29 is 4.39 Å². The normalized spacial score (nSPS) is 10.5. The largest absolute Gasteiger partial charge is 0.383 e. The van der Waals surface area contributed by atoms with E-state index in [9.17, 15) is 4.39 Å². The van der Waals surface area contributed by atoms with E-state index in [1.165, 1.54) is 12.1 Å². The molecule has 0 bridgehead atoms. The molecule has 1 aromatic carbocycles. The summed E-state index contributed by atoms with van der Waals surface area (Å²) >= 11 is 0. The highest BCUT2D eigenvalue weighted by atomic mass is 19.1. The van der Waals surface area contributed by atoms with Crippen LogP contribution in [0.1, 0.15) is 11.4 Å². The fourth-order valence-corrected chi connectivity index (χ4v) is 1.74. The Kier molecular flexibility index (Phi) is 3.42. The summed E-state index contributed by atoms with van der Waals surface area (Å²) < 4.78 is 15.1. The Balaban J connectivity index is 1.94. The lowest BCUT2D eigenvalue weighted by Gasteiger charge is -2.10. The van der Waals surface area contributed by atoms with Crippen LogP contribution in [0.5, 0.6) is 0 Å². The van der Waals surface area contributed by atoms with Gasteiger partial charge in [-0.25, -0.2) is 9.37 Å². The molecule has 3 nitrogen and oxygen atoms in total. The molecule has 0 saturated carbocycles. The van der Waals surface area contributed by atoms with Gasteiger partial charge in [-0.3, -0.25) is 0 Å². The van der Waals surface area contributed by atoms with E-state index in [1.54, 1.807) is 12.3 Å². The molecule has 2 aromatic rings. The van der Waals surface area contributed by atoms with Gasteiger partial charge in [0.15, 0.2) is 0 Å². The van der Waals surface area contributed by atoms with Crippen molar-refractivity contribution in [1.29, 1.82) is 0 Å². The molecule has 90 valence electrons. The summed E-state index contributed by atoms with van der Waals surface area (Å²) in [5, 5.41) is 3.23. The van der Waals surface area contributed by atoms with Gasteiger partial charge in [0, 0.05) is 31.2 Å². The highest BCUT2D eigenvalue weighted by molar-refractivity contribution is 5.50. The number of aromatic nitrogens is 2. The van der Waals surface area contributed by atoms with E-state index < -0.39 is 0 Å². The molecule has 2 rings (SSSR count). The van der Waals surface area contributed by atoms with Crippen LogP contribution >= 0.6 is 0 Å². The maximum Gasteiger partial charge on any atom is 0.125 e. The average molecular weight is 233 g/mol. The molecule has 0 spiro atoms. The second kappa shape index (κ2) is 4.99. The molecule has 1 N–H and O–H groups in total. The maximum absolute atomic E-state index is 13.1. The van der Waals surface area contributed by atoms with Crippen LogP contribution < -0.4 is 5.32 Å². The maximum atomic E-state index is 13.1. The summed E-state index contributed by atoms with van der Waals surface area (Å²) in [6.07, 6.45) is 3.72. The third kappa shape index (κ3) is 2.84. The first-order chi connectivity index (χ1) is 8.16. The van der Waals surface area contributed by atoms with Crippen LogP contribution in [0.3, 0.4) is 0 Å². The van der Waals surface area contributed by atoms with E-state index in [0.29, 0.717) is 0 Å². The topological polar surface area (TPSA) is 29.9 Å². The van der Waals surface area contributed by atoms with E-state index in [4.69, 9.17) is 0 Å². The summed E-state index contributed by atoms with van der Waals surface area (Å²) in [5.74, 6) is 0.777. The zero-order valence-corrected chi connectivity index (χ0v) is 10.1. The van der Waals surface area contributed by atoms with Crippen LogP contribution in [-0.2, 0) is 6.54 Å². The molecule has 0 aliphatic heterocycles. The Hall–Kier alpha value is -1.84. The number of benzene rings is 1. The standard InChI is InChI=1S/C13H16FN3/c1-10-3-4-12(14)9-13(10)16-6-8-17-7-5-15-11(17)2/h3-5,7,9,16H,6,8H2,1-2H3. The van der Waals surface area contributed by atoms with Crippen molar-refractivity contribution >= 4 is 5.69 Å². The third-order valence-electron chi connectivity index (χ3n) is 2.79. The van der Waals surface area contributed by atoms with Crippen LogP contribution in [-0.4, -0.2) is 16.1 Å². The Morgan fingerprint density at radius 1 is 1.35 bits per heavy atom. The van der Waals surface area contributed by atoms with Crippen LogP contribution in [0.4, 0.5) is 10.1 Å². The predicted molar refractivity (Wildman–Crippen MR) is 66.6 cm³/mol. The van der Waals surface area contributed by atoms with E-state index in [-0.39, 0.29) is 5.82 Å². The van der Waals surface area contributed by atoms with Gasteiger partial charge in [0.2, 0.25) is 0 Å². The lowest BCUT2D eigenvalue weighted by molar-refractivity contribution is 0.627. The lowest BCUT2D eigenvalue weighted by atomic mass is 10.2. The smallest absolute Gasteiger partial charge is 0.125 e. The molecular formula is C13H16FN3. The Labute approximate surface area is 100 Å². The summed E-state index contributed by atoms with van der Waals surface area (Å²) in [6.45, 7) is 5.50. The average Bonchev–Trinajstić information content (AvgIpc) is 2.70. The second-order valence-corrected chi connectivity index (χ2v) is 4.05. The van der Waals surface area contributed by atoms with Gasteiger partial charge in [0.25, 0.3) is 0 Å². The minimum Gasteiger partial charge on any atom is -0.383 e. The molecule has 0 atom stereocenters. The van der Waals surface area contributed by atoms with Crippen molar-refractivity contribution in [3.8, 4) is 0 Å². The van der Waals surface area contributed by atoms with Crippen LogP contribution in [0, 0.1) is 19.7 Å². The SMILES string of the molecule is Cc1ccc(F)cc1NCCn1ccnc1C. The molecule has 1 heterocycles. The second-order valence-electron chi connectivity index (χ2n) is 4.05. The van der Waals surface area contributed by atoms with E-state index in [2.05, 4.69) is 14.9 Å². The molecule has 0 aliphatic rings. The molecule has 0 aliphatic carbocycles. The minimum atomic E-state index is -0.211. The molecule has 0 unspecified atom stereocenters. The zero-order valence-electron chi connectivity index (χ0n) is 10.1. The number of nitrogens with one attached hydrogen (secondary N) is 1. The Bertz CT molecular complexity index is 505. The monoisotopic (exact) mass is 233 g/mol. The van der Waals surface area contributed by atoms with Crippen molar-refractivity contribution in [2.24, 2.45) is 0 Å². The summed E-state index contributed by atoms with van der Waals surface area (Å²) in [5.41, 5.74) is 1.90. The highest BCUT2D eigenvalue weighted by Crippen LogP contribution is 2.15. The van der Waals surface area contributed by atoms with Gasteiger partial charge in [-0.05, 0) is 31.5 Å². The minimum absolute atomic E-state index is 0.211. The van der Waals surface area contributed by atoms with Gasteiger partial charge in [0.1, 0.15) is 11.6 Å². The zero-order chi connectivity index (χ0) is 12.3. The van der Waals surface area contributed by atoms with Gasteiger partial charge < -0.3 is 9.88 Å². The summed E-state index contributed by atoms with van der Waals surface area (Å²) in [7, 11) is 0. The fraction of sp³-hybridized carbons (Fsp3) is 0.308. The van der Waals surface area contributed by atoms with E-state index in [0.717, 1.165) is 30.2 Å². The van der Waals surface area contributed by atoms with E-state index in [1.807, 2.05) is 20.0 Å². The Morgan fingerprint density at radius 3 is 2.88 bits per heavy atom. The third-order valence-corrected chi connectivity index (χ3v) is 2.79. The van der Waals surface area contributed by atoms with Gasteiger partial charge in [0.05, 0.1) is 0 Å². The molecule has 0 saturated heterocycles. The van der Waals surface area contributed by atoms with Crippen molar-refractivity contribution in [3.05, 3.63) is 47.8 Å². The predicted octanol–water partition coefficient (Wildman–Crippen LogP) is 2.75. The quantitative estimate of drug-likeness (QED) is 0.880. The first-order valence-corrected chi connectivity index (χ1v) is 5.64. The summed E-state index contributed by atoms with van der Waals surface area (Å²) in [6, 6.07) is 4.77. The molecule has 4 heteroatoms. The molecule has 0 fully saturated rings. The van der Waals surface area contributed by atoms with Gasteiger partial charge in [-0.15, -0.1) is 0 Å². The van der Waals surface area contributed by atoms with Crippen LogP contribution in [0.25, 0.3) is 0 Å². The van der Waals surface area contributed by atoms with Gasteiger partial charge in [-0.2, -0.15) is 0 Å². The number of hydrogen-bond donors (Lipinski definition) is 1. The summed E-state index contributed by atoms with van der Waals surface area (Å²) in [4.78, 5) is 4.15. The van der Waals surface area contributed by atoms with Gasteiger partial charge >= 0.3 is 0 Å². The molecule has 0 amide bonds. The highest BCUT2D eigenvalue weighted by Gasteiger charge is 2.00. The number of imidazole rings is 1. The number of aryl methyl sites for hydroxylation is 2. The van der Waals surface area contributed by atoms with E-state index >= 15 is 0 Å². The van der Waals surface area contributed by atoms with Gasteiger partial charge in [-0.1, -0.05) is 6.07 Å². The first kappa shape index (κ1) is 11.6. The van der Waals surface area contributed by atoms with Crippen molar-refractivity contribution in [3.63, 3.8) is 0 Å². The van der Waals surface area contributed by atoms with Crippen LogP contribution in [0.15, 0.2) is 30.6 Å². The number of halogens is 1.